The number of piperidine rings is 1. The number of amides is 5. The fraction of sp³-hybridized carbons (Fsp3) is 0.286. The van der Waals surface area contributed by atoms with E-state index < -0.39 is 53.1 Å². The second kappa shape index (κ2) is 12.3. The lowest BCUT2D eigenvalue weighted by molar-refractivity contribution is -0.138. The van der Waals surface area contributed by atoms with Gasteiger partial charge in [-0.05, 0) is 36.8 Å². The van der Waals surface area contributed by atoms with E-state index in [-0.39, 0.29) is 47.6 Å². The van der Waals surface area contributed by atoms with Crippen LogP contribution in [0.1, 0.15) is 69.1 Å². The number of hydrogen-bond donors (Lipinski definition) is 3. The number of halogens is 3. The predicted molar refractivity (Wildman–Crippen MR) is 144 cm³/mol. The number of alkyl halides is 3. The molecule has 1 unspecified atom stereocenters. The van der Waals surface area contributed by atoms with Gasteiger partial charge in [-0.3, -0.25) is 29.3 Å². The molecule has 226 valence electrons. The van der Waals surface area contributed by atoms with Crippen LogP contribution in [0.5, 0.6) is 5.75 Å². The van der Waals surface area contributed by atoms with Crippen LogP contribution in [0.4, 0.5) is 24.5 Å². The van der Waals surface area contributed by atoms with Crippen molar-refractivity contribution in [1.82, 2.24) is 15.4 Å². The molecule has 2 aliphatic rings. The van der Waals surface area contributed by atoms with Gasteiger partial charge in [0, 0.05) is 30.3 Å². The number of benzene rings is 2. The zero-order valence-corrected chi connectivity index (χ0v) is 23.1. The van der Waals surface area contributed by atoms with E-state index in [0.717, 1.165) is 30.5 Å². The van der Waals surface area contributed by atoms with Crippen LogP contribution in [-0.2, 0) is 22.3 Å². The first-order valence-electron chi connectivity index (χ1n) is 13.1. The molecule has 1 saturated heterocycles. The Morgan fingerprint density at radius 3 is 2.40 bits per heavy atom. The SMILES string of the molecule is CC.COc1cc(NC(=O)c2oncc2C(=O)Nc2ccc(C(F)(F)F)cc2)c2c(c1)C(=O)N(C1CCC(=O)NC1=O)C2. The summed E-state index contributed by atoms with van der Waals surface area (Å²) < 4.78 is 48.7. The van der Waals surface area contributed by atoms with Crippen molar-refractivity contribution in [1.29, 1.82) is 0 Å². The number of nitrogens with zero attached hydrogens (tertiary/aromatic N) is 2. The summed E-state index contributed by atoms with van der Waals surface area (Å²) in [5, 5.41) is 10.7. The van der Waals surface area contributed by atoms with Gasteiger partial charge in [0.25, 0.3) is 17.7 Å². The maximum Gasteiger partial charge on any atom is 0.416 e. The minimum atomic E-state index is -4.55. The standard InChI is InChI=1S/C26H20F3N5O7.C2H6/c1-40-14-8-15-17(11-34(25(15)39)19-6-7-20(35)33-23(19)37)18(9-14)32-24(38)21-16(10-30-41-21)22(36)31-13-4-2-12(3-5-13)26(27,28)29;1-2/h2-5,8-10,19H,6-7,11H2,1H3,(H,31,36)(H,32,38)(H,33,35,37);1-2H3. The summed E-state index contributed by atoms with van der Waals surface area (Å²) in [5.41, 5.74) is -0.498. The van der Waals surface area contributed by atoms with Crippen LogP contribution in [0.15, 0.2) is 47.1 Å². The van der Waals surface area contributed by atoms with Gasteiger partial charge in [0.2, 0.25) is 17.6 Å². The Hall–Kier alpha value is -5.21. The van der Waals surface area contributed by atoms with Gasteiger partial charge in [-0.1, -0.05) is 19.0 Å². The van der Waals surface area contributed by atoms with E-state index in [4.69, 9.17) is 9.26 Å². The second-order valence-corrected chi connectivity index (χ2v) is 9.15. The van der Waals surface area contributed by atoms with Crippen LogP contribution >= 0.6 is 0 Å². The smallest absolute Gasteiger partial charge is 0.416 e. The Kier molecular flexibility index (Phi) is 8.82. The molecule has 1 atom stereocenters. The molecule has 2 aliphatic heterocycles. The number of aromatic nitrogens is 1. The van der Waals surface area contributed by atoms with E-state index in [1.165, 1.54) is 24.1 Å². The van der Waals surface area contributed by atoms with Gasteiger partial charge < -0.3 is 24.8 Å². The molecule has 2 aromatic carbocycles. The number of imide groups is 1. The quantitative estimate of drug-likeness (QED) is 0.358. The minimum Gasteiger partial charge on any atom is -0.497 e. The number of carbonyl (C=O) groups is 5. The summed E-state index contributed by atoms with van der Waals surface area (Å²) in [5.74, 6) is -3.61. The number of rotatable bonds is 6. The highest BCUT2D eigenvalue weighted by atomic mass is 19.4. The zero-order chi connectivity index (χ0) is 31.5. The van der Waals surface area contributed by atoms with Crippen LogP contribution in [0.25, 0.3) is 0 Å². The predicted octanol–water partition coefficient (Wildman–Crippen LogP) is 3.99. The molecule has 3 aromatic rings. The van der Waals surface area contributed by atoms with E-state index in [1.54, 1.807) is 0 Å². The van der Waals surface area contributed by atoms with E-state index >= 15 is 0 Å². The average Bonchev–Trinajstić information content (AvgIpc) is 3.60. The summed E-state index contributed by atoms with van der Waals surface area (Å²) in [6.07, 6.45) is -3.38. The fourth-order valence-electron chi connectivity index (χ4n) is 4.55. The Labute approximate surface area is 242 Å². The monoisotopic (exact) mass is 601 g/mol. The highest BCUT2D eigenvalue weighted by molar-refractivity contribution is 6.14. The normalized spacial score (nSPS) is 16.1. The third-order valence-corrected chi connectivity index (χ3v) is 6.60. The summed E-state index contributed by atoms with van der Waals surface area (Å²) in [7, 11) is 1.35. The molecule has 0 aliphatic carbocycles. The van der Waals surface area contributed by atoms with Crippen LogP contribution in [0, 0.1) is 0 Å². The first kappa shape index (κ1) is 30.7. The van der Waals surface area contributed by atoms with E-state index in [9.17, 15) is 37.1 Å². The minimum absolute atomic E-state index is 0.0354. The van der Waals surface area contributed by atoms with Crippen molar-refractivity contribution in [2.75, 3.05) is 17.7 Å². The summed E-state index contributed by atoms with van der Waals surface area (Å²) in [4.78, 5) is 64.4. The molecule has 12 nitrogen and oxygen atoms in total. The van der Waals surface area contributed by atoms with Crippen molar-refractivity contribution in [3.63, 3.8) is 0 Å². The number of hydrogen-bond acceptors (Lipinski definition) is 8. The molecule has 5 rings (SSSR count). The lowest BCUT2D eigenvalue weighted by Gasteiger charge is -2.29. The Bertz CT molecular complexity index is 1580. The lowest BCUT2D eigenvalue weighted by atomic mass is 10.0. The topological polar surface area (TPSA) is 160 Å². The molecule has 3 heterocycles. The van der Waals surface area contributed by atoms with E-state index in [1.807, 2.05) is 13.8 Å². The zero-order valence-electron chi connectivity index (χ0n) is 23.1. The van der Waals surface area contributed by atoms with Crippen LogP contribution < -0.4 is 20.7 Å². The highest BCUT2D eigenvalue weighted by Crippen LogP contribution is 2.36. The van der Waals surface area contributed by atoms with E-state index in [0.29, 0.717) is 5.56 Å². The largest absolute Gasteiger partial charge is 0.497 e. The molecule has 3 N–H and O–H groups in total. The van der Waals surface area contributed by atoms with Gasteiger partial charge in [-0.15, -0.1) is 0 Å². The lowest BCUT2D eigenvalue weighted by Crippen LogP contribution is -2.52. The molecule has 15 heteroatoms. The van der Waals surface area contributed by atoms with Crippen LogP contribution in [0.3, 0.4) is 0 Å². The number of nitrogens with one attached hydrogen (secondary N) is 3. The number of ether oxygens (including phenoxy) is 1. The summed E-state index contributed by atoms with van der Waals surface area (Å²) >= 11 is 0. The molecular formula is C28H26F3N5O7. The van der Waals surface area contributed by atoms with Gasteiger partial charge in [-0.2, -0.15) is 13.2 Å². The number of fused-ring (bicyclic) bond motifs is 1. The third-order valence-electron chi connectivity index (χ3n) is 6.60. The molecule has 1 fully saturated rings. The van der Waals surface area contributed by atoms with Gasteiger partial charge in [0.05, 0.1) is 30.1 Å². The molecule has 43 heavy (non-hydrogen) atoms. The van der Waals surface area contributed by atoms with Crippen molar-refractivity contribution >= 4 is 40.9 Å². The van der Waals surface area contributed by atoms with Crippen LogP contribution in [0.2, 0.25) is 0 Å². The molecule has 0 bridgehead atoms. The second-order valence-electron chi connectivity index (χ2n) is 9.15. The number of carbonyl (C=O) groups excluding carboxylic acids is 5. The maximum atomic E-state index is 13.2. The van der Waals surface area contributed by atoms with Gasteiger partial charge >= 0.3 is 6.18 Å². The van der Waals surface area contributed by atoms with Crippen LogP contribution in [-0.4, -0.2) is 52.7 Å². The Morgan fingerprint density at radius 2 is 1.77 bits per heavy atom. The fourth-order valence-corrected chi connectivity index (χ4v) is 4.55. The van der Waals surface area contributed by atoms with Gasteiger partial charge in [-0.25, -0.2) is 0 Å². The molecular weight excluding hydrogens is 575 g/mol. The number of methoxy groups -OCH3 is 1. The first-order chi connectivity index (χ1) is 20.5. The summed E-state index contributed by atoms with van der Waals surface area (Å²) in [6, 6.07) is 5.70. The van der Waals surface area contributed by atoms with Crippen molar-refractivity contribution in [3.05, 3.63) is 70.6 Å². The van der Waals surface area contributed by atoms with Crippen molar-refractivity contribution in [2.24, 2.45) is 0 Å². The Morgan fingerprint density at radius 1 is 1.07 bits per heavy atom. The third kappa shape index (κ3) is 6.34. The molecule has 0 radical (unpaired) electrons. The van der Waals surface area contributed by atoms with Crippen molar-refractivity contribution < 1.29 is 46.4 Å². The highest BCUT2D eigenvalue weighted by Gasteiger charge is 2.40. The van der Waals surface area contributed by atoms with Gasteiger partial charge in [0.1, 0.15) is 17.4 Å². The van der Waals surface area contributed by atoms with E-state index in [2.05, 4.69) is 21.1 Å². The molecule has 1 aromatic heterocycles. The van der Waals surface area contributed by atoms with Crippen molar-refractivity contribution in [2.45, 2.75) is 45.5 Å². The average molecular weight is 602 g/mol. The first-order valence-corrected chi connectivity index (χ1v) is 13.1. The van der Waals surface area contributed by atoms with Gasteiger partial charge in [0.15, 0.2) is 0 Å². The number of anilines is 2. The Balaban J connectivity index is 0.00000207. The van der Waals surface area contributed by atoms with Crippen molar-refractivity contribution in [3.8, 4) is 5.75 Å². The molecule has 5 amide bonds. The molecule has 0 spiro atoms. The summed E-state index contributed by atoms with van der Waals surface area (Å²) in [6.45, 7) is 3.94. The maximum absolute atomic E-state index is 13.2. The molecule has 0 saturated carbocycles.